The van der Waals surface area contributed by atoms with Crippen LogP contribution in [0, 0.1) is 5.41 Å². The topological polar surface area (TPSA) is 93.4 Å². The first-order chi connectivity index (χ1) is 19.6. The number of fused-ring (bicyclic) bond motifs is 3. The maximum Gasteiger partial charge on any atom is 0.181 e. The van der Waals surface area contributed by atoms with Crippen molar-refractivity contribution in [3.63, 3.8) is 0 Å². The Hall–Kier alpha value is -2.72. The van der Waals surface area contributed by atoms with Crippen LogP contribution in [0.5, 0.6) is 5.75 Å². The van der Waals surface area contributed by atoms with Gasteiger partial charge < -0.3 is 15.2 Å². The first-order valence-electron chi connectivity index (χ1n) is 14.0. The van der Waals surface area contributed by atoms with Crippen LogP contribution in [0.25, 0.3) is 11.1 Å². The summed E-state index contributed by atoms with van der Waals surface area (Å²) in [5, 5.41) is 24.1. The van der Waals surface area contributed by atoms with Crippen molar-refractivity contribution in [2.75, 3.05) is 31.1 Å². The van der Waals surface area contributed by atoms with Gasteiger partial charge in [-0.1, -0.05) is 42.7 Å². The van der Waals surface area contributed by atoms with E-state index in [1.807, 2.05) is 24.3 Å². The van der Waals surface area contributed by atoms with Gasteiger partial charge in [-0.25, -0.2) is 12.7 Å². The van der Waals surface area contributed by atoms with Crippen LogP contribution in [0.1, 0.15) is 50.7 Å². The van der Waals surface area contributed by atoms with E-state index in [-0.39, 0.29) is 16.4 Å². The Labute approximate surface area is 250 Å². The fourth-order valence-corrected chi connectivity index (χ4v) is 9.09. The average molecular weight is 612 g/mol. The van der Waals surface area contributed by atoms with E-state index in [1.165, 1.54) is 0 Å². The predicted octanol–water partition coefficient (Wildman–Crippen LogP) is 6.82. The quantitative estimate of drug-likeness (QED) is 0.145. The Balaban J connectivity index is 1.18. The zero-order valence-electron chi connectivity index (χ0n) is 23.2. The van der Waals surface area contributed by atoms with Gasteiger partial charge in [-0.15, -0.1) is 0 Å². The first-order valence-corrected chi connectivity index (χ1v) is 16.7. The van der Waals surface area contributed by atoms with Crippen molar-refractivity contribution in [2.24, 2.45) is 10.6 Å². The summed E-state index contributed by atoms with van der Waals surface area (Å²) in [5.74, 6) is 0.186. The van der Waals surface area contributed by atoms with Crippen molar-refractivity contribution in [1.82, 2.24) is 4.31 Å². The molecule has 0 aromatic heterocycles. The first kappa shape index (κ1) is 28.4. The fraction of sp³-hybridized carbons (Fsp3) is 0.387. The SMILES string of the molecule is CC1(C)CCC(S(=O)(=O)c2ccc3c(c2)/C(=N/O)c2cc(SN4CCN(c5ccc(Cl)cc5O)CC4)ccc2-3)CC1. The second-order valence-electron chi connectivity index (χ2n) is 11.9. The van der Waals surface area contributed by atoms with Gasteiger partial charge in [-0.3, -0.25) is 0 Å². The number of anilines is 1. The van der Waals surface area contributed by atoms with Crippen molar-refractivity contribution >= 4 is 44.8 Å². The van der Waals surface area contributed by atoms with Crippen molar-refractivity contribution in [3.05, 3.63) is 70.7 Å². The van der Waals surface area contributed by atoms with Gasteiger partial charge in [0.2, 0.25) is 0 Å². The summed E-state index contributed by atoms with van der Waals surface area (Å²) in [7, 11) is -3.48. The second kappa shape index (κ2) is 10.8. The molecule has 1 saturated carbocycles. The molecule has 0 unspecified atom stereocenters. The van der Waals surface area contributed by atoms with Crippen LogP contribution < -0.4 is 4.90 Å². The number of hydrogen-bond acceptors (Lipinski definition) is 8. The summed E-state index contributed by atoms with van der Waals surface area (Å²) in [6.07, 6.45) is 3.14. The summed E-state index contributed by atoms with van der Waals surface area (Å²) in [6.45, 7) is 7.52. The number of piperazine rings is 1. The van der Waals surface area contributed by atoms with Gasteiger partial charge in [0.1, 0.15) is 11.5 Å². The molecule has 2 fully saturated rings. The van der Waals surface area contributed by atoms with Gasteiger partial charge >= 0.3 is 0 Å². The van der Waals surface area contributed by atoms with Gasteiger partial charge in [0.25, 0.3) is 0 Å². The van der Waals surface area contributed by atoms with E-state index in [4.69, 9.17) is 11.6 Å². The number of oxime groups is 1. The molecule has 2 aliphatic carbocycles. The van der Waals surface area contributed by atoms with Gasteiger partial charge in [0.05, 0.1) is 15.8 Å². The molecule has 0 spiro atoms. The molecule has 0 radical (unpaired) electrons. The summed E-state index contributed by atoms with van der Waals surface area (Å²) in [5.41, 5.74) is 4.64. The van der Waals surface area contributed by atoms with Crippen LogP contribution >= 0.6 is 23.5 Å². The van der Waals surface area contributed by atoms with Gasteiger partial charge in [-0.05, 0) is 90.6 Å². The number of phenols is 1. The Morgan fingerprint density at radius 3 is 2.22 bits per heavy atom. The van der Waals surface area contributed by atoms with Crippen LogP contribution in [-0.2, 0) is 9.84 Å². The zero-order valence-corrected chi connectivity index (χ0v) is 25.6. The summed E-state index contributed by atoms with van der Waals surface area (Å²) in [6, 6.07) is 16.5. The largest absolute Gasteiger partial charge is 0.506 e. The smallest absolute Gasteiger partial charge is 0.181 e. The number of sulfone groups is 1. The Morgan fingerprint density at radius 2 is 1.56 bits per heavy atom. The monoisotopic (exact) mass is 611 g/mol. The maximum atomic E-state index is 13.6. The van der Waals surface area contributed by atoms with Crippen LogP contribution in [0.4, 0.5) is 5.69 Å². The van der Waals surface area contributed by atoms with Crippen LogP contribution in [0.15, 0.2) is 69.5 Å². The maximum absolute atomic E-state index is 13.6. The lowest BCUT2D eigenvalue weighted by Crippen LogP contribution is -2.43. The Kier molecular flexibility index (Phi) is 7.51. The van der Waals surface area contributed by atoms with Crippen LogP contribution in [-0.4, -0.2) is 60.2 Å². The molecule has 0 atom stereocenters. The molecule has 6 rings (SSSR count). The predicted molar refractivity (Wildman–Crippen MR) is 165 cm³/mol. The molecule has 2 N–H and O–H groups in total. The molecule has 0 amide bonds. The van der Waals surface area contributed by atoms with Gasteiger partial charge in [-0.2, -0.15) is 0 Å². The van der Waals surface area contributed by atoms with Gasteiger partial charge in [0, 0.05) is 53.3 Å². The van der Waals surface area contributed by atoms with Gasteiger partial charge in [0.15, 0.2) is 9.84 Å². The third-order valence-electron chi connectivity index (χ3n) is 8.69. The van der Waals surface area contributed by atoms with E-state index in [9.17, 15) is 18.7 Å². The number of nitrogens with zero attached hydrogens (tertiary/aromatic N) is 3. The second-order valence-corrected chi connectivity index (χ2v) is 15.7. The van der Waals surface area contributed by atoms with E-state index in [2.05, 4.69) is 34.3 Å². The molecule has 216 valence electrons. The zero-order chi connectivity index (χ0) is 28.9. The van der Waals surface area contributed by atoms with E-state index in [0.717, 1.165) is 66.3 Å². The number of benzene rings is 3. The molecule has 1 saturated heterocycles. The number of halogens is 1. The number of phenolic OH excluding ortho intramolecular Hbond substituents is 1. The molecule has 7 nitrogen and oxygen atoms in total. The highest BCUT2D eigenvalue weighted by molar-refractivity contribution is 7.97. The summed E-state index contributed by atoms with van der Waals surface area (Å²) < 4.78 is 29.4. The standard InChI is InChI=1S/C31H34ClN3O4S2/c1-31(2)11-9-22(10-12-31)41(38,39)23-5-7-25-24-6-4-21(18-26(24)30(33-37)27(25)19-23)40-35-15-13-34(14-16-35)28-8-3-20(32)17-29(28)36/h3-8,17-19,22,36-37H,9-16H2,1-2H3/b33-30+. The van der Waals surface area contributed by atoms with Crippen LogP contribution in [0.3, 0.4) is 0 Å². The molecule has 0 bridgehead atoms. The molecule has 3 aromatic carbocycles. The Morgan fingerprint density at radius 1 is 0.902 bits per heavy atom. The van der Waals surface area contributed by atoms with E-state index in [0.29, 0.717) is 34.0 Å². The lowest BCUT2D eigenvalue weighted by molar-refractivity contribution is 0.246. The van der Waals surface area contributed by atoms with Crippen molar-refractivity contribution in [3.8, 4) is 16.9 Å². The molecule has 1 heterocycles. The van der Waals surface area contributed by atoms with Crippen molar-refractivity contribution < 1.29 is 18.7 Å². The molecular weight excluding hydrogens is 578 g/mol. The minimum Gasteiger partial charge on any atom is -0.506 e. The molecule has 3 aliphatic rings. The molecule has 41 heavy (non-hydrogen) atoms. The Bertz CT molecular complexity index is 1620. The molecule has 10 heteroatoms. The average Bonchev–Trinajstić information content (AvgIpc) is 3.25. The highest BCUT2D eigenvalue weighted by Crippen LogP contribution is 2.43. The lowest BCUT2D eigenvalue weighted by Gasteiger charge is -2.35. The molecule has 3 aromatic rings. The number of hydrogen-bond donors (Lipinski definition) is 2. The van der Waals surface area contributed by atoms with E-state index >= 15 is 0 Å². The highest BCUT2D eigenvalue weighted by Gasteiger charge is 2.36. The highest BCUT2D eigenvalue weighted by atomic mass is 35.5. The van der Waals surface area contributed by atoms with Crippen molar-refractivity contribution in [1.29, 1.82) is 0 Å². The summed E-state index contributed by atoms with van der Waals surface area (Å²) >= 11 is 7.63. The third-order valence-corrected chi connectivity index (χ3v) is 12.3. The third kappa shape index (κ3) is 5.45. The molecular formula is C31H34ClN3O4S2. The number of aromatic hydroxyl groups is 1. The normalized spacial score (nSPS) is 20.3. The minimum atomic E-state index is -3.48. The van der Waals surface area contributed by atoms with E-state index < -0.39 is 9.84 Å². The van der Waals surface area contributed by atoms with Crippen molar-refractivity contribution in [2.45, 2.75) is 54.6 Å². The lowest BCUT2D eigenvalue weighted by atomic mass is 9.77. The molecule has 1 aliphatic heterocycles. The summed E-state index contributed by atoms with van der Waals surface area (Å²) in [4.78, 5) is 3.46. The number of rotatable bonds is 5. The minimum absolute atomic E-state index is 0.186. The van der Waals surface area contributed by atoms with E-state index in [1.54, 1.807) is 36.2 Å². The van der Waals surface area contributed by atoms with Crippen LogP contribution in [0.2, 0.25) is 5.02 Å². The fourth-order valence-electron chi connectivity index (χ4n) is 6.20.